The predicted octanol–water partition coefficient (Wildman–Crippen LogP) is 6.32. The zero-order valence-corrected chi connectivity index (χ0v) is 21.6. The Kier molecular flexibility index (Phi) is 6.70. The Bertz CT molecular complexity index is 1810. The summed E-state index contributed by atoms with van der Waals surface area (Å²) in [7, 11) is 0. The van der Waals surface area contributed by atoms with Gasteiger partial charge in [-0.1, -0.05) is 42.5 Å². The second-order valence-electron chi connectivity index (χ2n) is 9.15. The van der Waals surface area contributed by atoms with Crippen molar-refractivity contribution in [3.05, 3.63) is 109 Å². The number of hydrogen-bond acceptors (Lipinski definition) is 9. The van der Waals surface area contributed by atoms with E-state index in [-0.39, 0.29) is 5.95 Å². The lowest BCUT2D eigenvalue weighted by Crippen LogP contribution is -2.00. The van der Waals surface area contributed by atoms with Crippen LogP contribution in [0.5, 0.6) is 11.6 Å². The first kappa shape index (κ1) is 24.9. The Labute approximate surface area is 230 Å². The second-order valence-corrected chi connectivity index (χ2v) is 9.15. The highest BCUT2D eigenvalue weighted by Crippen LogP contribution is 2.34. The Hall–Kier alpha value is -5.41. The smallest absolute Gasteiger partial charge is 0.228 e. The van der Waals surface area contributed by atoms with Crippen molar-refractivity contribution in [1.82, 2.24) is 25.1 Å². The van der Waals surface area contributed by atoms with Crippen molar-refractivity contribution in [1.29, 1.82) is 0 Å². The maximum absolute atomic E-state index is 10.0. The van der Waals surface area contributed by atoms with Crippen molar-refractivity contribution >= 4 is 28.2 Å². The number of ether oxygens (including phenoxy) is 1. The van der Waals surface area contributed by atoms with E-state index in [1.165, 1.54) is 0 Å². The number of aromatic nitrogens is 5. The molecular formula is C31H25N7O2. The summed E-state index contributed by atoms with van der Waals surface area (Å²) in [4.78, 5) is 12.6. The third kappa shape index (κ3) is 5.13. The molecule has 0 unspecified atom stereocenters. The number of aliphatic hydroxyl groups is 1. The SMILES string of the molecule is C[C@H](O)c1cccc(-c2nnc(Nc3ccc(Oc4ncccc4-c4ccnc(N)n4)cc3)c3ccccc23)c1. The number of nitrogens with zero attached hydrogens (tertiary/aromatic N) is 5. The molecule has 0 amide bonds. The van der Waals surface area contributed by atoms with E-state index < -0.39 is 6.10 Å². The van der Waals surface area contributed by atoms with Gasteiger partial charge in [-0.15, -0.1) is 10.2 Å². The van der Waals surface area contributed by atoms with Gasteiger partial charge >= 0.3 is 0 Å². The minimum Gasteiger partial charge on any atom is -0.438 e. The fourth-order valence-corrected chi connectivity index (χ4v) is 4.40. The quantitative estimate of drug-likeness (QED) is 0.218. The topological polar surface area (TPSA) is 132 Å². The van der Waals surface area contributed by atoms with Crippen LogP contribution in [0.2, 0.25) is 0 Å². The first-order valence-electron chi connectivity index (χ1n) is 12.7. The predicted molar refractivity (Wildman–Crippen MR) is 155 cm³/mol. The van der Waals surface area contributed by atoms with Crippen molar-refractivity contribution in [3.63, 3.8) is 0 Å². The van der Waals surface area contributed by atoms with Gasteiger partial charge in [0.15, 0.2) is 5.82 Å². The fourth-order valence-electron chi connectivity index (χ4n) is 4.40. The molecule has 6 aromatic rings. The number of nitrogen functional groups attached to an aromatic ring is 1. The highest BCUT2D eigenvalue weighted by molar-refractivity contribution is 6.00. The molecule has 0 saturated heterocycles. The van der Waals surface area contributed by atoms with Gasteiger partial charge in [-0.05, 0) is 61.0 Å². The van der Waals surface area contributed by atoms with E-state index >= 15 is 0 Å². The Morgan fingerprint density at radius 3 is 2.45 bits per heavy atom. The molecule has 0 aliphatic rings. The standard InChI is InChI=1S/C31H25N7O2/c1-19(39)20-6-4-7-21(18-20)28-24-8-2-3-9-25(24)29(38-37-28)35-22-11-13-23(14-12-22)40-30-26(10-5-16-33-30)27-15-17-34-31(32)36-27/h2-19,39H,1H3,(H,35,38)(H2,32,34,36)/t19-/m0/s1. The number of rotatable bonds is 7. The normalized spacial score (nSPS) is 11.8. The van der Waals surface area contributed by atoms with Crippen LogP contribution < -0.4 is 15.8 Å². The summed E-state index contributed by atoms with van der Waals surface area (Å²) in [5.41, 5.74) is 10.4. The number of anilines is 3. The molecule has 0 spiro atoms. The first-order valence-corrected chi connectivity index (χ1v) is 12.7. The van der Waals surface area contributed by atoms with Gasteiger partial charge in [-0.25, -0.2) is 15.0 Å². The number of nitrogens with one attached hydrogen (secondary N) is 1. The molecule has 196 valence electrons. The second kappa shape index (κ2) is 10.8. The van der Waals surface area contributed by atoms with Gasteiger partial charge in [0, 0.05) is 34.4 Å². The highest BCUT2D eigenvalue weighted by atomic mass is 16.5. The highest BCUT2D eigenvalue weighted by Gasteiger charge is 2.14. The van der Waals surface area contributed by atoms with Crippen molar-refractivity contribution in [2.75, 3.05) is 11.1 Å². The maximum atomic E-state index is 10.0. The van der Waals surface area contributed by atoms with Crippen LogP contribution in [0.25, 0.3) is 33.3 Å². The third-order valence-corrected chi connectivity index (χ3v) is 6.38. The van der Waals surface area contributed by atoms with Crippen LogP contribution in [0.1, 0.15) is 18.6 Å². The zero-order valence-electron chi connectivity index (χ0n) is 21.6. The number of nitrogens with two attached hydrogens (primary N) is 1. The maximum Gasteiger partial charge on any atom is 0.228 e. The molecule has 6 rings (SSSR count). The van der Waals surface area contributed by atoms with Gasteiger partial charge in [-0.3, -0.25) is 0 Å². The molecule has 0 radical (unpaired) electrons. The van der Waals surface area contributed by atoms with E-state index in [9.17, 15) is 5.11 Å². The molecule has 0 aliphatic heterocycles. The van der Waals surface area contributed by atoms with Crippen LogP contribution in [0.3, 0.4) is 0 Å². The molecule has 0 saturated carbocycles. The molecule has 9 nitrogen and oxygen atoms in total. The van der Waals surface area contributed by atoms with Crippen LogP contribution in [-0.2, 0) is 0 Å². The van der Waals surface area contributed by atoms with Crippen LogP contribution in [-0.4, -0.2) is 30.3 Å². The number of benzene rings is 3. The summed E-state index contributed by atoms with van der Waals surface area (Å²) < 4.78 is 6.08. The van der Waals surface area contributed by atoms with Crippen molar-refractivity contribution in [2.24, 2.45) is 0 Å². The molecule has 3 heterocycles. The Morgan fingerprint density at radius 1 is 0.825 bits per heavy atom. The summed E-state index contributed by atoms with van der Waals surface area (Å²) in [6.45, 7) is 1.75. The average Bonchev–Trinajstić information content (AvgIpc) is 2.99. The van der Waals surface area contributed by atoms with E-state index in [4.69, 9.17) is 10.5 Å². The molecule has 3 aromatic carbocycles. The molecule has 0 bridgehead atoms. The van der Waals surface area contributed by atoms with Crippen molar-refractivity contribution in [3.8, 4) is 34.1 Å². The number of aliphatic hydroxyl groups excluding tert-OH is 1. The Balaban J connectivity index is 1.26. The van der Waals surface area contributed by atoms with Gasteiger partial charge in [-0.2, -0.15) is 0 Å². The minimum absolute atomic E-state index is 0.180. The van der Waals surface area contributed by atoms with Crippen LogP contribution in [0.15, 0.2) is 103 Å². The van der Waals surface area contributed by atoms with Crippen molar-refractivity contribution < 1.29 is 9.84 Å². The Morgan fingerprint density at radius 2 is 1.65 bits per heavy atom. The first-order chi connectivity index (χ1) is 19.5. The van der Waals surface area contributed by atoms with E-state index in [0.29, 0.717) is 28.7 Å². The average molecular weight is 528 g/mol. The summed E-state index contributed by atoms with van der Waals surface area (Å²) in [5, 5.41) is 24.3. The van der Waals surface area contributed by atoms with Crippen molar-refractivity contribution in [2.45, 2.75) is 13.0 Å². The molecule has 1 atom stereocenters. The molecule has 0 fully saturated rings. The molecular weight excluding hydrogens is 502 g/mol. The monoisotopic (exact) mass is 527 g/mol. The number of hydrogen-bond donors (Lipinski definition) is 3. The lowest BCUT2D eigenvalue weighted by atomic mass is 10.0. The summed E-state index contributed by atoms with van der Waals surface area (Å²) in [6, 6.07) is 28.6. The van der Waals surface area contributed by atoms with E-state index in [2.05, 4.69) is 30.5 Å². The van der Waals surface area contributed by atoms with Gasteiger partial charge in [0.05, 0.1) is 17.4 Å². The van der Waals surface area contributed by atoms with Crippen LogP contribution in [0.4, 0.5) is 17.5 Å². The van der Waals surface area contributed by atoms with Gasteiger partial charge in [0.25, 0.3) is 0 Å². The largest absolute Gasteiger partial charge is 0.438 e. The van der Waals surface area contributed by atoms with Crippen LogP contribution >= 0.6 is 0 Å². The lowest BCUT2D eigenvalue weighted by Gasteiger charge is -2.13. The third-order valence-electron chi connectivity index (χ3n) is 6.38. The van der Waals surface area contributed by atoms with Gasteiger partial charge in [0.1, 0.15) is 11.4 Å². The lowest BCUT2D eigenvalue weighted by molar-refractivity contribution is 0.199. The van der Waals surface area contributed by atoms with E-state index in [0.717, 1.165) is 33.3 Å². The summed E-state index contributed by atoms with van der Waals surface area (Å²) >= 11 is 0. The van der Waals surface area contributed by atoms with E-state index in [1.54, 1.807) is 25.4 Å². The molecule has 3 aromatic heterocycles. The summed E-state index contributed by atoms with van der Waals surface area (Å²) in [6.07, 6.45) is 2.69. The molecule has 0 aliphatic carbocycles. The fraction of sp³-hybridized carbons (Fsp3) is 0.0645. The molecule has 9 heteroatoms. The van der Waals surface area contributed by atoms with Gasteiger partial charge < -0.3 is 20.9 Å². The van der Waals surface area contributed by atoms with Crippen LogP contribution in [0, 0.1) is 0 Å². The van der Waals surface area contributed by atoms with Gasteiger partial charge in [0.2, 0.25) is 11.8 Å². The number of pyridine rings is 1. The minimum atomic E-state index is -0.567. The molecule has 40 heavy (non-hydrogen) atoms. The number of fused-ring (bicyclic) bond motifs is 1. The van der Waals surface area contributed by atoms with E-state index in [1.807, 2.05) is 84.9 Å². The summed E-state index contributed by atoms with van der Waals surface area (Å²) in [5.74, 6) is 1.83. The zero-order chi connectivity index (χ0) is 27.5. The molecule has 4 N–H and O–H groups in total.